The van der Waals surface area contributed by atoms with E-state index in [-0.39, 0.29) is 12.1 Å². The minimum atomic E-state index is -0.226. The lowest BCUT2D eigenvalue weighted by Gasteiger charge is -2.15. The van der Waals surface area contributed by atoms with E-state index in [9.17, 15) is 0 Å². The van der Waals surface area contributed by atoms with Crippen LogP contribution >= 0.6 is 11.8 Å². The van der Waals surface area contributed by atoms with E-state index in [1.54, 1.807) is 30.2 Å². The van der Waals surface area contributed by atoms with Crippen LogP contribution < -0.4 is 10.5 Å². The van der Waals surface area contributed by atoms with Crippen LogP contribution in [0.2, 0.25) is 0 Å². The molecular formula is C12H14N4OS. The van der Waals surface area contributed by atoms with Gasteiger partial charge in [0.25, 0.3) is 0 Å². The number of ether oxygens (including phenoxy) is 1. The van der Waals surface area contributed by atoms with Gasteiger partial charge < -0.3 is 10.5 Å². The predicted octanol–water partition coefficient (Wildman–Crippen LogP) is 2.32. The second-order valence-electron chi connectivity index (χ2n) is 3.61. The van der Waals surface area contributed by atoms with Gasteiger partial charge >= 0.3 is 0 Å². The zero-order valence-corrected chi connectivity index (χ0v) is 11.0. The SMILES string of the molecule is CSc1cccnc1OC(C)c1ccnc(N)n1. The molecule has 0 aliphatic carbocycles. The summed E-state index contributed by atoms with van der Waals surface area (Å²) < 4.78 is 5.80. The van der Waals surface area contributed by atoms with E-state index in [0.717, 1.165) is 10.6 Å². The second kappa shape index (κ2) is 5.68. The molecule has 0 saturated heterocycles. The highest BCUT2D eigenvalue weighted by molar-refractivity contribution is 7.98. The Morgan fingerprint density at radius 3 is 2.83 bits per heavy atom. The lowest BCUT2D eigenvalue weighted by Crippen LogP contribution is -2.08. The molecule has 2 aromatic heterocycles. The quantitative estimate of drug-likeness (QED) is 0.852. The number of aromatic nitrogens is 3. The molecule has 0 aromatic carbocycles. The third-order valence-electron chi connectivity index (χ3n) is 2.36. The highest BCUT2D eigenvalue weighted by Crippen LogP contribution is 2.28. The van der Waals surface area contributed by atoms with Gasteiger partial charge in [0, 0.05) is 12.4 Å². The van der Waals surface area contributed by atoms with Gasteiger partial charge in [-0.1, -0.05) is 0 Å². The molecule has 1 atom stereocenters. The van der Waals surface area contributed by atoms with Crippen LogP contribution in [0.25, 0.3) is 0 Å². The normalized spacial score (nSPS) is 12.1. The summed E-state index contributed by atoms with van der Waals surface area (Å²) in [7, 11) is 0. The van der Waals surface area contributed by atoms with Gasteiger partial charge in [-0.3, -0.25) is 0 Å². The van der Waals surface area contributed by atoms with E-state index in [4.69, 9.17) is 10.5 Å². The molecule has 94 valence electrons. The van der Waals surface area contributed by atoms with Crippen molar-refractivity contribution in [2.45, 2.75) is 17.9 Å². The maximum atomic E-state index is 5.80. The fourth-order valence-corrected chi connectivity index (χ4v) is 1.95. The van der Waals surface area contributed by atoms with E-state index >= 15 is 0 Å². The zero-order valence-electron chi connectivity index (χ0n) is 10.2. The molecular weight excluding hydrogens is 248 g/mol. The molecule has 5 nitrogen and oxygen atoms in total. The highest BCUT2D eigenvalue weighted by Gasteiger charge is 2.12. The Hall–Kier alpha value is -1.82. The summed E-state index contributed by atoms with van der Waals surface area (Å²) in [5, 5.41) is 0. The number of nitrogens with zero attached hydrogens (tertiary/aromatic N) is 3. The number of pyridine rings is 1. The molecule has 0 aliphatic rings. The number of rotatable bonds is 4. The van der Waals surface area contributed by atoms with Crippen molar-refractivity contribution in [3.05, 3.63) is 36.3 Å². The van der Waals surface area contributed by atoms with E-state index in [1.165, 1.54) is 0 Å². The predicted molar refractivity (Wildman–Crippen MR) is 71.5 cm³/mol. The summed E-state index contributed by atoms with van der Waals surface area (Å²) in [5.41, 5.74) is 6.28. The first-order valence-corrected chi connectivity index (χ1v) is 6.67. The second-order valence-corrected chi connectivity index (χ2v) is 4.46. The number of anilines is 1. The van der Waals surface area contributed by atoms with Crippen LogP contribution in [0.4, 0.5) is 5.95 Å². The lowest BCUT2D eigenvalue weighted by atomic mass is 10.3. The van der Waals surface area contributed by atoms with E-state index in [1.807, 2.05) is 25.3 Å². The topological polar surface area (TPSA) is 73.9 Å². The lowest BCUT2D eigenvalue weighted by molar-refractivity contribution is 0.206. The molecule has 0 aliphatic heterocycles. The maximum absolute atomic E-state index is 5.80. The molecule has 0 spiro atoms. The molecule has 2 heterocycles. The first-order chi connectivity index (χ1) is 8.70. The summed E-state index contributed by atoms with van der Waals surface area (Å²) >= 11 is 1.59. The molecule has 18 heavy (non-hydrogen) atoms. The van der Waals surface area contributed by atoms with Crippen molar-refractivity contribution >= 4 is 17.7 Å². The molecule has 1 unspecified atom stereocenters. The summed E-state index contributed by atoms with van der Waals surface area (Å²) in [6.07, 6.45) is 5.08. The van der Waals surface area contributed by atoms with Crippen LogP contribution in [-0.2, 0) is 0 Å². The van der Waals surface area contributed by atoms with Gasteiger partial charge in [0.15, 0.2) is 0 Å². The van der Waals surface area contributed by atoms with Crippen LogP contribution in [0.3, 0.4) is 0 Å². The van der Waals surface area contributed by atoms with Gasteiger partial charge in [0.2, 0.25) is 11.8 Å². The Balaban J connectivity index is 2.18. The first kappa shape index (κ1) is 12.6. The van der Waals surface area contributed by atoms with Gasteiger partial charge in [-0.25, -0.2) is 15.0 Å². The Labute approximate surface area is 110 Å². The Morgan fingerprint density at radius 2 is 2.11 bits per heavy atom. The van der Waals surface area contributed by atoms with Gasteiger partial charge in [-0.2, -0.15) is 0 Å². The summed E-state index contributed by atoms with van der Waals surface area (Å²) in [4.78, 5) is 13.2. The largest absolute Gasteiger partial charge is 0.467 e. The van der Waals surface area contributed by atoms with Crippen molar-refractivity contribution < 1.29 is 4.74 Å². The van der Waals surface area contributed by atoms with Crippen molar-refractivity contribution in [2.24, 2.45) is 0 Å². The smallest absolute Gasteiger partial charge is 0.227 e. The Morgan fingerprint density at radius 1 is 1.28 bits per heavy atom. The number of hydrogen-bond donors (Lipinski definition) is 1. The molecule has 0 fully saturated rings. The Bertz CT molecular complexity index is 535. The first-order valence-electron chi connectivity index (χ1n) is 5.45. The molecule has 2 aromatic rings. The van der Waals surface area contributed by atoms with Crippen molar-refractivity contribution in [2.75, 3.05) is 12.0 Å². The van der Waals surface area contributed by atoms with Crippen LogP contribution in [0, 0.1) is 0 Å². The average Bonchev–Trinajstić information content (AvgIpc) is 2.39. The van der Waals surface area contributed by atoms with Crippen molar-refractivity contribution in [3.8, 4) is 5.88 Å². The Kier molecular flexibility index (Phi) is 3.99. The number of nitrogen functional groups attached to an aromatic ring is 1. The highest BCUT2D eigenvalue weighted by atomic mass is 32.2. The minimum absolute atomic E-state index is 0.226. The summed E-state index contributed by atoms with van der Waals surface area (Å²) in [5.74, 6) is 0.851. The fourth-order valence-electron chi connectivity index (χ4n) is 1.46. The molecule has 0 saturated carbocycles. The van der Waals surface area contributed by atoms with Crippen LogP contribution in [0.1, 0.15) is 18.7 Å². The number of thioether (sulfide) groups is 1. The molecule has 2 N–H and O–H groups in total. The number of hydrogen-bond acceptors (Lipinski definition) is 6. The maximum Gasteiger partial charge on any atom is 0.227 e. The third-order valence-corrected chi connectivity index (χ3v) is 3.11. The molecule has 0 radical (unpaired) electrons. The average molecular weight is 262 g/mol. The molecule has 0 amide bonds. The minimum Gasteiger partial charge on any atom is -0.467 e. The van der Waals surface area contributed by atoms with Crippen LogP contribution in [0.5, 0.6) is 5.88 Å². The monoisotopic (exact) mass is 262 g/mol. The summed E-state index contributed by atoms with van der Waals surface area (Å²) in [6, 6.07) is 5.63. The fraction of sp³-hybridized carbons (Fsp3) is 0.250. The molecule has 6 heteroatoms. The van der Waals surface area contributed by atoms with Gasteiger partial charge in [0.1, 0.15) is 6.10 Å². The third kappa shape index (κ3) is 2.89. The van der Waals surface area contributed by atoms with E-state index < -0.39 is 0 Å². The van der Waals surface area contributed by atoms with Gasteiger partial charge in [-0.05, 0) is 31.4 Å². The van der Waals surface area contributed by atoms with Crippen molar-refractivity contribution in [3.63, 3.8) is 0 Å². The standard InChI is InChI=1S/C12H14N4OS/c1-8(9-5-7-15-12(13)16-9)17-11-10(18-2)4-3-6-14-11/h3-8H,1-2H3,(H2,13,15,16). The van der Waals surface area contributed by atoms with Crippen LogP contribution in [-0.4, -0.2) is 21.2 Å². The molecule has 2 rings (SSSR count). The van der Waals surface area contributed by atoms with Crippen molar-refractivity contribution in [1.29, 1.82) is 0 Å². The summed E-state index contributed by atoms with van der Waals surface area (Å²) in [6.45, 7) is 1.90. The van der Waals surface area contributed by atoms with Crippen LogP contribution in [0.15, 0.2) is 35.5 Å². The van der Waals surface area contributed by atoms with E-state index in [2.05, 4.69) is 15.0 Å². The van der Waals surface area contributed by atoms with Gasteiger partial charge in [0.05, 0.1) is 10.6 Å². The van der Waals surface area contributed by atoms with Gasteiger partial charge in [-0.15, -0.1) is 11.8 Å². The molecule has 0 bridgehead atoms. The van der Waals surface area contributed by atoms with E-state index in [0.29, 0.717) is 5.88 Å². The van der Waals surface area contributed by atoms with Crippen molar-refractivity contribution in [1.82, 2.24) is 15.0 Å². The number of nitrogens with two attached hydrogens (primary N) is 1. The zero-order chi connectivity index (χ0) is 13.0.